The summed E-state index contributed by atoms with van der Waals surface area (Å²) in [5.74, 6) is 1.37. The number of hydrogen-bond donors (Lipinski definition) is 1. The van der Waals surface area contributed by atoms with Crippen molar-refractivity contribution in [2.45, 2.75) is 25.8 Å². The topological polar surface area (TPSA) is 68.2 Å². The molecule has 24 heavy (non-hydrogen) atoms. The number of methoxy groups -OCH3 is 1. The van der Waals surface area contributed by atoms with Gasteiger partial charge in [-0.3, -0.25) is 9.69 Å². The molecule has 1 fully saturated rings. The molecule has 6 nitrogen and oxygen atoms in total. The van der Waals surface area contributed by atoms with E-state index in [1.165, 1.54) is 0 Å². The van der Waals surface area contributed by atoms with E-state index in [1.54, 1.807) is 13.2 Å². The van der Waals surface area contributed by atoms with Gasteiger partial charge >= 0.3 is 5.97 Å². The molecule has 0 spiro atoms. The highest BCUT2D eigenvalue weighted by atomic mass is 16.7. The lowest BCUT2D eigenvalue weighted by atomic mass is 9.77. The molecule has 130 valence electrons. The van der Waals surface area contributed by atoms with E-state index in [0.717, 1.165) is 24.3 Å². The number of piperidine rings is 1. The summed E-state index contributed by atoms with van der Waals surface area (Å²) in [6, 6.07) is 3.75. The number of rotatable bonds is 6. The van der Waals surface area contributed by atoms with Crippen LogP contribution in [0.15, 0.2) is 24.8 Å². The average Bonchev–Trinajstić information content (AvgIpc) is 3.01. The van der Waals surface area contributed by atoms with Crippen molar-refractivity contribution in [3.05, 3.63) is 30.4 Å². The lowest BCUT2D eigenvalue weighted by Crippen LogP contribution is -2.47. The van der Waals surface area contributed by atoms with E-state index < -0.39 is 11.4 Å². The van der Waals surface area contributed by atoms with Crippen molar-refractivity contribution in [2.75, 3.05) is 27.0 Å². The highest BCUT2D eigenvalue weighted by Gasteiger charge is 2.41. The van der Waals surface area contributed by atoms with E-state index in [2.05, 4.69) is 11.5 Å². The van der Waals surface area contributed by atoms with Crippen molar-refractivity contribution in [3.63, 3.8) is 0 Å². The fraction of sp³-hybridized carbons (Fsp3) is 0.500. The van der Waals surface area contributed by atoms with Gasteiger partial charge in [0, 0.05) is 24.7 Å². The van der Waals surface area contributed by atoms with Crippen LogP contribution in [-0.2, 0) is 11.3 Å². The molecular formula is C18H23NO5. The molecule has 3 rings (SSSR count). The lowest BCUT2D eigenvalue weighted by molar-refractivity contribution is -0.152. The molecule has 2 aliphatic heterocycles. The van der Waals surface area contributed by atoms with Gasteiger partial charge in [0.2, 0.25) is 6.79 Å². The predicted octanol–water partition coefficient (Wildman–Crippen LogP) is 2.67. The van der Waals surface area contributed by atoms with Gasteiger partial charge < -0.3 is 19.3 Å². The minimum Gasteiger partial charge on any atom is -0.496 e. The highest BCUT2D eigenvalue weighted by molar-refractivity contribution is 5.75. The molecule has 1 saturated heterocycles. The first-order valence-corrected chi connectivity index (χ1v) is 8.11. The van der Waals surface area contributed by atoms with Crippen LogP contribution in [0.5, 0.6) is 17.2 Å². The molecule has 1 aromatic carbocycles. The maximum atomic E-state index is 11.8. The first-order valence-electron chi connectivity index (χ1n) is 8.11. The van der Waals surface area contributed by atoms with Gasteiger partial charge in [0.15, 0.2) is 11.5 Å². The SMILES string of the molecule is C=CC[C@@]1(C(=O)O)CCCN(Cc2cc3c(cc2OC)OCO3)C1. The maximum Gasteiger partial charge on any atom is 0.311 e. The van der Waals surface area contributed by atoms with Crippen LogP contribution in [0.25, 0.3) is 0 Å². The van der Waals surface area contributed by atoms with E-state index >= 15 is 0 Å². The molecule has 2 aliphatic rings. The standard InChI is InChI=1S/C18H23NO5/c1-3-5-18(17(20)21)6-4-7-19(11-18)10-13-8-15-16(24-12-23-15)9-14(13)22-2/h3,8-9H,1,4-7,10-12H2,2H3,(H,20,21)/t18-/m1/s1. The Morgan fingerprint density at radius 1 is 1.46 bits per heavy atom. The van der Waals surface area contributed by atoms with Crippen LogP contribution >= 0.6 is 0 Å². The lowest BCUT2D eigenvalue weighted by Gasteiger charge is -2.39. The zero-order valence-corrected chi connectivity index (χ0v) is 13.9. The van der Waals surface area contributed by atoms with Gasteiger partial charge in [-0.1, -0.05) is 6.08 Å². The zero-order valence-electron chi connectivity index (χ0n) is 13.9. The van der Waals surface area contributed by atoms with Crippen LogP contribution < -0.4 is 14.2 Å². The van der Waals surface area contributed by atoms with Crippen molar-refractivity contribution >= 4 is 5.97 Å². The van der Waals surface area contributed by atoms with E-state index in [-0.39, 0.29) is 6.79 Å². The molecule has 0 saturated carbocycles. The number of carboxylic acids is 1. The van der Waals surface area contributed by atoms with Gasteiger partial charge in [0.1, 0.15) is 5.75 Å². The highest BCUT2D eigenvalue weighted by Crippen LogP contribution is 2.40. The molecule has 0 amide bonds. The first-order chi connectivity index (χ1) is 11.6. The Balaban J connectivity index is 1.80. The second-order valence-electron chi connectivity index (χ2n) is 6.41. The van der Waals surface area contributed by atoms with Gasteiger partial charge in [-0.25, -0.2) is 0 Å². The van der Waals surface area contributed by atoms with Crippen LogP contribution in [0.4, 0.5) is 0 Å². The van der Waals surface area contributed by atoms with Crippen LogP contribution in [0, 0.1) is 5.41 Å². The van der Waals surface area contributed by atoms with Crippen LogP contribution in [0.1, 0.15) is 24.8 Å². The summed E-state index contributed by atoms with van der Waals surface area (Å²) < 4.78 is 16.3. The van der Waals surface area contributed by atoms with Crippen LogP contribution in [-0.4, -0.2) is 43.0 Å². The Bertz CT molecular complexity index is 645. The summed E-state index contributed by atoms with van der Waals surface area (Å²) >= 11 is 0. The van der Waals surface area contributed by atoms with E-state index in [1.807, 2.05) is 12.1 Å². The molecule has 0 bridgehead atoms. The van der Waals surface area contributed by atoms with Crippen molar-refractivity contribution in [1.29, 1.82) is 0 Å². The quantitative estimate of drug-likeness (QED) is 0.807. The first kappa shape index (κ1) is 16.6. The normalized spacial score (nSPS) is 23.0. The maximum absolute atomic E-state index is 11.8. The third-order valence-electron chi connectivity index (χ3n) is 4.81. The number of fused-ring (bicyclic) bond motifs is 1. The molecule has 0 radical (unpaired) electrons. The molecule has 2 heterocycles. The number of likely N-dealkylation sites (tertiary alicyclic amines) is 1. The molecule has 1 atom stereocenters. The number of allylic oxidation sites excluding steroid dienone is 1. The van der Waals surface area contributed by atoms with Gasteiger partial charge in [-0.05, 0) is 31.9 Å². The average molecular weight is 333 g/mol. The van der Waals surface area contributed by atoms with E-state index in [9.17, 15) is 9.90 Å². The van der Waals surface area contributed by atoms with Gasteiger partial charge in [-0.2, -0.15) is 0 Å². The summed E-state index contributed by atoms with van der Waals surface area (Å²) in [4.78, 5) is 14.0. The monoisotopic (exact) mass is 333 g/mol. The van der Waals surface area contributed by atoms with Crippen LogP contribution in [0.3, 0.4) is 0 Å². The third-order valence-corrected chi connectivity index (χ3v) is 4.81. The number of aliphatic carboxylic acids is 1. The number of ether oxygens (including phenoxy) is 3. The van der Waals surface area contributed by atoms with E-state index in [0.29, 0.717) is 37.4 Å². The zero-order chi connectivity index (χ0) is 17.2. The van der Waals surface area contributed by atoms with Crippen molar-refractivity contribution in [3.8, 4) is 17.2 Å². The third kappa shape index (κ3) is 3.06. The number of nitrogens with zero attached hydrogens (tertiary/aromatic N) is 1. The number of carbonyl (C=O) groups is 1. The summed E-state index contributed by atoms with van der Waals surface area (Å²) in [7, 11) is 1.62. The smallest absolute Gasteiger partial charge is 0.311 e. The number of hydrogen-bond acceptors (Lipinski definition) is 5. The summed E-state index contributed by atoms with van der Waals surface area (Å²) in [5, 5.41) is 9.70. The minimum absolute atomic E-state index is 0.215. The Hall–Kier alpha value is -2.21. The fourth-order valence-electron chi connectivity index (χ4n) is 3.59. The molecule has 0 aliphatic carbocycles. The van der Waals surface area contributed by atoms with Crippen molar-refractivity contribution < 1.29 is 24.1 Å². The summed E-state index contributed by atoms with van der Waals surface area (Å²) in [6.07, 6.45) is 3.73. The summed E-state index contributed by atoms with van der Waals surface area (Å²) in [5.41, 5.74) is 0.227. The Labute approximate surface area is 141 Å². The molecule has 0 unspecified atom stereocenters. The largest absolute Gasteiger partial charge is 0.496 e. The molecule has 6 heteroatoms. The fourth-order valence-corrected chi connectivity index (χ4v) is 3.59. The molecular weight excluding hydrogens is 310 g/mol. The second kappa shape index (κ2) is 6.73. The van der Waals surface area contributed by atoms with Gasteiger partial charge in [0.25, 0.3) is 0 Å². The van der Waals surface area contributed by atoms with Crippen molar-refractivity contribution in [2.24, 2.45) is 5.41 Å². The Kier molecular flexibility index (Phi) is 4.66. The molecule has 1 N–H and O–H groups in total. The molecule has 0 aromatic heterocycles. The van der Waals surface area contributed by atoms with Crippen LogP contribution in [0.2, 0.25) is 0 Å². The number of benzene rings is 1. The Morgan fingerprint density at radius 3 is 2.88 bits per heavy atom. The summed E-state index contributed by atoms with van der Waals surface area (Å²) in [6.45, 7) is 5.93. The number of carboxylic acid groups (broad SMARTS) is 1. The van der Waals surface area contributed by atoms with Gasteiger partial charge in [0.05, 0.1) is 12.5 Å². The Morgan fingerprint density at radius 2 is 2.21 bits per heavy atom. The predicted molar refractivity (Wildman–Crippen MR) is 88.5 cm³/mol. The van der Waals surface area contributed by atoms with E-state index in [4.69, 9.17) is 14.2 Å². The van der Waals surface area contributed by atoms with Crippen molar-refractivity contribution in [1.82, 2.24) is 4.90 Å². The minimum atomic E-state index is -0.746. The second-order valence-corrected chi connectivity index (χ2v) is 6.41. The van der Waals surface area contributed by atoms with Gasteiger partial charge in [-0.15, -0.1) is 6.58 Å². The molecule has 1 aromatic rings.